The zero-order chi connectivity index (χ0) is 9.78. The number of halogens is 1. The molecule has 0 aromatic carbocycles. The maximum atomic E-state index is 11.0. The number of rotatable bonds is 3. The third-order valence-corrected chi connectivity index (χ3v) is 1.10. The number of carbonyl (C=O) groups excluding carboxylic acids is 1. The Bertz CT molecular complexity index is 152. The van der Waals surface area contributed by atoms with Crippen molar-refractivity contribution in [3.8, 4) is 0 Å². The molecule has 0 rings (SSSR count). The molecule has 0 bridgehead atoms. The Morgan fingerprint density at radius 3 is 2.42 bits per heavy atom. The molecular weight excluding hydrogens is 178 g/mol. The van der Waals surface area contributed by atoms with Crippen LogP contribution in [0.2, 0.25) is 0 Å². The molecule has 12 heavy (non-hydrogen) atoms. The van der Waals surface area contributed by atoms with E-state index >= 15 is 0 Å². The van der Waals surface area contributed by atoms with Crippen molar-refractivity contribution in [1.29, 1.82) is 0 Å². The predicted octanol–water partition coefficient (Wildman–Crippen LogP) is 1.50. The van der Waals surface area contributed by atoms with Gasteiger partial charge in [-0.15, -0.1) is 11.6 Å². The zero-order valence-electron chi connectivity index (χ0n) is 7.98. The first-order chi connectivity index (χ1) is 5.31. The van der Waals surface area contributed by atoms with Crippen molar-refractivity contribution in [3.05, 3.63) is 0 Å². The van der Waals surface area contributed by atoms with Crippen LogP contribution in [-0.2, 0) is 9.53 Å². The summed E-state index contributed by atoms with van der Waals surface area (Å²) < 4.78 is 5.03. The zero-order valence-corrected chi connectivity index (χ0v) is 8.73. The standard InChI is InChI=1S/C8H16ClNO2/c1-6(9)10-5-7(11)12-8(2,3)4/h6,10H,5H2,1-4H3. The first-order valence-corrected chi connectivity index (χ1v) is 4.34. The molecule has 0 aliphatic carbocycles. The predicted molar refractivity (Wildman–Crippen MR) is 49.2 cm³/mol. The smallest absolute Gasteiger partial charge is 0.320 e. The molecule has 72 valence electrons. The van der Waals surface area contributed by atoms with Crippen molar-refractivity contribution >= 4 is 17.6 Å². The lowest BCUT2D eigenvalue weighted by Gasteiger charge is -2.19. The summed E-state index contributed by atoms with van der Waals surface area (Å²) in [5.74, 6) is -0.282. The van der Waals surface area contributed by atoms with Gasteiger partial charge in [-0.2, -0.15) is 0 Å². The summed E-state index contributed by atoms with van der Waals surface area (Å²) in [6.07, 6.45) is 0. The van der Waals surface area contributed by atoms with Crippen LogP contribution in [0.25, 0.3) is 0 Å². The fourth-order valence-corrected chi connectivity index (χ4v) is 0.679. The molecule has 0 aromatic heterocycles. The molecule has 1 unspecified atom stereocenters. The Morgan fingerprint density at radius 1 is 1.58 bits per heavy atom. The third-order valence-electron chi connectivity index (χ3n) is 0.948. The summed E-state index contributed by atoms with van der Waals surface area (Å²) >= 11 is 5.57. The van der Waals surface area contributed by atoms with Crippen molar-refractivity contribution in [3.63, 3.8) is 0 Å². The topological polar surface area (TPSA) is 38.3 Å². The van der Waals surface area contributed by atoms with Crippen LogP contribution in [0.5, 0.6) is 0 Å². The van der Waals surface area contributed by atoms with E-state index in [0.29, 0.717) is 0 Å². The fraction of sp³-hybridized carbons (Fsp3) is 0.875. The Kier molecular flexibility index (Phi) is 4.57. The van der Waals surface area contributed by atoms with Gasteiger partial charge in [-0.3, -0.25) is 10.1 Å². The highest BCUT2D eigenvalue weighted by Crippen LogP contribution is 2.06. The quantitative estimate of drug-likeness (QED) is 0.420. The Morgan fingerprint density at radius 2 is 2.08 bits per heavy atom. The highest BCUT2D eigenvalue weighted by molar-refractivity contribution is 6.20. The van der Waals surface area contributed by atoms with Gasteiger partial charge < -0.3 is 4.74 Å². The molecule has 0 aliphatic rings. The monoisotopic (exact) mass is 193 g/mol. The van der Waals surface area contributed by atoms with E-state index in [4.69, 9.17) is 16.3 Å². The van der Waals surface area contributed by atoms with E-state index in [-0.39, 0.29) is 18.0 Å². The molecule has 0 amide bonds. The van der Waals surface area contributed by atoms with Crippen molar-refractivity contribution in [2.45, 2.75) is 38.8 Å². The van der Waals surface area contributed by atoms with Gasteiger partial charge in [0.25, 0.3) is 0 Å². The number of esters is 1. The van der Waals surface area contributed by atoms with Crippen molar-refractivity contribution in [1.82, 2.24) is 5.32 Å². The summed E-state index contributed by atoms with van der Waals surface area (Å²) in [5.41, 5.74) is -0.633. The molecule has 0 aliphatic heterocycles. The number of nitrogens with one attached hydrogen (secondary N) is 1. The number of hydrogen-bond donors (Lipinski definition) is 1. The Balaban J connectivity index is 3.61. The van der Waals surface area contributed by atoms with Gasteiger partial charge in [-0.1, -0.05) is 0 Å². The van der Waals surface area contributed by atoms with Crippen LogP contribution in [0.4, 0.5) is 0 Å². The van der Waals surface area contributed by atoms with E-state index in [2.05, 4.69) is 5.32 Å². The second kappa shape index (κ2) is 4.67. The average molecular weight is 194 g/mol. The minimum absolute atomic E-state index is 0.155. The summed E-state index contributed by atoms with van der Waals surface area (Å²) in [4.78, 5) is 11.0. The van der Waals surface area contributed by atoms with Crippen molar-refractivity contribution in [2.75, 3.05) is 6.54 Å². The van der Waals surface area contributed by atoms with E-state index in [1.54, 1.807) is 6.92 Å². The van der Waals surface area contributed by atoms with E-state index in [0.717, 1.165) is 0 Å². The van der Waals surface area contributed by atoms with Gasteiger partial charge in [-0.05, 0) is 27.7 Å². The first-order valence-electron chi connectivity index (χ1n) is 3.90. The normalized spacial score (nSPS) is 14.1. The second-order valence-corrected chi connectivity index (χ2v) is 4.24. The molecule has 0 fully saturated rings. The van der Waals surface area contributed by atoms with Gasteiger partial charge in [0.1, 0.15) is 5.60 Å². The lowest BCUT2D eigenvalue weighted by Crippen LogP contribution is -2.33. The number of alkyl halides is 1. The largest absolute Gasteiger partial charge is 0.459 e. The van der Waals surface area contributed by atoms with Crippen LogP contribution >= 0.6 is 11.6 Å². The van der Waals surface area contributed by atoms with Crippen LogP contribution in [-0.4, -0.2) is 23.6 Å². The molecule has 3 nitrogen and oxygen atoms in total. The SMILES string of the molecule is CC(Cl)NCC(=O)OC(C)(C)C. The highest BCUT2D eigenvalue weighted by Gasteiger charge is 2.15. The van der Waals surface area contributed by atoms with Gasteiger partial charge in [-0.25, -0.2) is 0 Å². The number of hydrogen-bond acceptors (Lipinski definition) is 3. The fourth-order valence-electron chi connectivity index (χ4n) is 0.602. The minimum Gasteiger partial charge on any atom is -0.459 e. The first kappa shape index (κ1) is 11.7. The van der Waals surface area contributed by atoms with Crippen LogP contribution in [0.1, 0.15) is 27.7 Å². The molecule has 0 saturated heterocycles. The number of carbonyl (C=O) groups is 1. The van der Waals surface area contributed by atoms with Crippen LogP contribution in [0.3, 0.4) is 0 Å². The number of ether oxygens (including phenoxy) is 1. The molecule has 0 saturated carbocycles. The van der Waals surface area contributed by atoms with Gasteiger partial charge >= 0.3 is 5.97 Å². The molecule has 0 spiro atoms. The molecule has 0 radical (unpaired) electrons. The molecule has 1 N–H and O–H groups in total. The second-order valence-electron chi connectivity index (χ2n) is 3.58. The van der Waals surface area contributed by atoms with Crippen LogP contribution < -0.4 is 5.32 Å². The van der Waals surface area contributed by atoms with Crippen molar-refractivity contribution < 1.29 is 9.53 Å². The summed E-state index contributed by atoms with van der Waals surface area (Å²) in [5, 5.41) is 2.76. The third kappa shape index (κ3) is 7.82. The summed E-state index contributed by atoms with van der Waals surface area (Å²) in [7, 11) is 0. The van der Waals surface area contributed by atoms with Crippen LogP contribution in [0, 0.1) is 0 Å². The van der Waals surface area contributed by atoms with Crippen LogP contribution in [0.15, 0.2) is 0 Å². The molecule has 4 heteroatoms. The van der Waals surface area contributed by atoms with E-state index in [9.17, 15) is 4.79 Å². The Labute approximate surface area is 78.4 Å². The average Bonchev–Trinajstić information content (AvgIpc) is 1.79. The van der Waals surface area contributed by atoms with Gasteiger partial charge in [0.15, 0.2) is 0 Å². The molecule has 0 aromatic rings. The Hall–Kier alpha value is -0.280. The highest BCUT2D eigenvalue weighted by atomic mass is 35.5. The van der Waals surface area contributed by atoms with Gasteiger partial charge in [0.05, 0.1) is 12.0 Å². The molecule has 0 heterocycles. The minimum atomic E-state index is -0.422. The molecular formula is C8H16ClNO2. The lowest BCUT2D eigenvalue weighted by molar-refractivity contribution is -0.153. The lowest BCUT2D eigenvalue weighted by atomic mass is 10.2. The van der Waals surface area contributed by atoms with E-state index in [1.165, 1.54) is 0 Å². The van der Waals surface area contributed by atoms with Gasteiger partial charge in [0, 0.05) is 0 Å². The van der Waals surface area contributed by atoms with Crippen molar-refractivity contribution in [2.24, 2.45) is 0 Å². The summed E-state index contributed by atoms with van der Waals surface area (Å²) in [6, 6.07) is 0. The van der Waals surface area contributed by atoms with Gasteiger partial charge in [0.2, 0.25) is 0 Å². The molecule has 1 atom stereocenters. The summed E-state index contributed by atoms with van der Waals surface area (Å²) in [6.45, 7) is 7.40. The van der Waals surface area contributed by atoms with E-state index < -0.39 is 5.60 Å². The van der Waals surface area contributed by atoms with E-state index in [1.807, 2.05) is 20.8 Å². The maximum absolute atomic E-state index is 11.0. The maximum Gasteiger partial charge on any atom is 0.320 e.